The van der Waals surface area contributed by atoms with Gasteiger partial charge in [0, 0.05) is 4.88 Å². The second kappa shape index (κ2) is 9.03. The molecule has 15 heteroatoms. The standard InChI is InChI=1S/C11H13N3O5S2.C2HF3O2/c1-6-10(11(12)13-19-6)21(17,18)14-7(5-9(15)16)8-3-2-4-20-8;3-2(4,5)1(6)7/h2-4,7,14H,5H2,1H3,(H2,12,13)(H,15,16);(H,6,7). The lowest BCUT2D eigenvalue weighted by Crippen LogP contribution is -2.30. The number of carboxylic acid groups (broad SMARTS) is 2. The fourth-order valence-corrected chi connectivity index (χ4v) is 4.10. The number of aryl methyl sites for hydroxylation is 1. The maximum absolute atomic E-state index is 12.3. The van der Waals surface area contributed by atoms with E-state index in [4.69, 9.17) is 25.3 Å². The van der Waals surface area contributed by atoms with Crippen LogP contribution in [0.5, 0.6) is 0 Å². The number of nitrogens with two attached hydrogens (primary N) is 1. The molecule has 0 spiro atoms. The van der Waals surface area contributed by atoms with Gasteiger partial charge in [-0.1, -0.05) is 11.2 Å². The molecular formula is C13H14F3N3O7S2. The zero-order chi connectivity index (χ0) is 21.7. The molecule has 0 saturated heterocycles. The Balaban J connectivity index is 0.000000480. The van der Waals surface area contributed by atoms with E-state index in [0.29, 0.717) is 4.88 Å². The number of aliphatic carboxylic acids is 2. The van der Waals surface area contributed by atoms with Crippen molar-refractivity contribution in [3.8, 4) is 0 Å². The monoisotopic (exact) mass is 445 g/mol. The van der Waals surface area contributed by atoms with E-state index >= 15 is 0 Å². The second-order valence-electron chi connectivity index (χ2n) is 5.04. The van der Waals surface area contributed by atoms with Gasteiger partial charge < -0.3 is 20.5 Å². The van der Waals surface area contributed by atoms with Gasteiger partial charge >= 0.3 is 18.1 Å². The molecule has 0 bridgehead atoms. The third kappa shape index (κ3) is 6.50. The normalized spacial score (nSPS) is 12.7. The molecule has 1 atom stereocenters. The van der Waals surface area contributed by atoms with Crippen LogP contribution >= 0.6 is 11.3 Å². The van der Waals surface area contributed by atoms with Gasteiger partial charge in [0.15, 0.2) is 16.5 Å². The lowest BCUT2D eigenvalue weighted by Gasteiger charge is -2.15. The first-order chi connectivity index (χ1) is 12.8. The number of carboxylic acids is 2. The zero-order valence-corrected chi connectivity index (χ0v) is 15.6. The van der Waals surface area contributed by atoms with Crippen LogP contribution in [0.25, 0.3) is 0 Å². The van der Waals surface area contributed by atoms with Crippen molar-refractivity contribution < 1.29 is 45.9 Å². The number of alkyl halides is 3. The number of thiophene rings is 1. The molecule has 10 nitrogen and oxygen atoms in total. The Bertz CT molecular complexity index is 904. The van der Waals surface area contributed by atoms with Crippen LogP contribution in [0.1, 0.15) is 23.1 Å². The van der Waals surface area contributed by atoms with Gasteiger partial charge in [-0.25, -0.2) is 17.9 Å². The number of aromatic nitrogens is 1. The Morgan fingerprint density at radius 3 is 2.32 bits per heavy atom. The van der Waals surface area contributed by atoms with Crippen LogP contribution in [0.3, 0.4) is 0 Å². The van der Waals surface area contributed by atoms with Crippen LogP contribution in [0, 0.1) is 6.92 Å². The fraction of sp³-hybridized carbons (Fsp3) is 0.308. The molecule has 0 amide bonds. The Kier molecular flexibility index (Phi) is 7.54. The number of nitrogens with zero attached hydrogens (tertiary/aromatic N) is 1. The van der Waals surface area contributed by atoms with Crippen molar-refractivity contribution in [1.29, 1.82) is 0 Å². The van der Waals surface area contributed by atoms with Gasteiger partial charge in [0.25, 0.3) is 0 Å². The summed E-state index contributed by atoms with van der Waals surface area (Å²) in [6, 6.07) is 2.48. The highest BCUT2D eigenvalue weighted by Gasteiger charge is 2.38. The Morgan fingerprint density at radius 1 is 1.39 bits per heavy atom. The number of hydrogen-bond donors (Lipinski definition) is 4. The van der Waals surface area contributed by atoms with E-state index in [1.54, 1.807) is 17.5 Å². The predicted molar refractivity (Wildman–Crippen MR) is 89.0 cm³/mol. The molecule has 156 valence electrons. The highest BCUT2D eigenvalue weighted by atomic mass is 32.2. The van der Waals surface area contributed by atoms with Crippen molar-refractivity contribution in [2.24, 2.45) is 0 Å². The van der Waals surface area contributed by atoms with Crippen LogP contribution < -0.4 is 10.5 Å². The number of halogens is 3. The van der Waals surface area contributed by atoms with E-state index in [1.807, 2.05) is 0 Å². The lowest BCUT2D eigenvalue weighted by atomic mass is 10.2. The third-order valence-corrected chi connectivity index (χ3v) is 5.52. The summed E-state index contributed by atoms with van der Waals surface area (Å²) in [6.07, 6.45) is -5.47. The van der Waals surface area contributed by atoms with E-state index in [2.05, 4.69) is 9.88 Å². The molecule has 0 aliphatic carbocycles. The summed E-state index contributed by atoms with van der Waals surface area (Å²) < 4.78 is 63.5. The number of rotatable bonds is 6. The highest BCUT2D eigenvalue weighted by molar-refractivity contribution is 7.89. The maximum atomic E-state index is 12.3. The molecule has 1 unspecified atom stereocenters. The van der Waals surface area contributed by atoms with Gasteiger partial charge in [0.05, 0.1) is 12.5 Å². The van der Waals surface area contributed by atoms with Crippen LogP contribution in [-0.2, 0) is 19.6 Å². The summed E-state index contributed by atoms with van der Waals surface area (Å²) in [6.45, 7) is 1.41. The van der Waals surface area contributed by atoms with Crippen LogP contribution in [0.2, 0.25) is 0 Å². The van der Waals surface area contributed by atoms with Crippen molar-refractivity contribution in [1.82, 2.24) is 9.88 Å². The smallest absolute Gasteiger partial charge is 0.481 e. The minimum absolute atomic E-state index is 0.0419. The molecule has 0 radical (unpaired) electrons. The molecule has 0 aliphatic heterocycles. The van der Waals surface area contributed by atoms with Crippen molar-refractivity contribution in [2.45, 2.75) is 30.5 Å². The number of hydrogen-bond acceptors (Lipinski definition) is 8. The number of nitrogens with one attached hydrogen (secondary N) is 1. The summed E-state index contributed by atoms with van der Waals surface area (Å²) in [7, 11) is -4.04. The number of carbonyl (C=O) groups is 2. The molecular weight excluding hydrogens is 431 g/mol. The zero-order valence-electron chi connectivity index (χ0n) is 13.9. The molecule has 0 aromatic carbocycles. The first kappa shape index (κ1) is 23.4. The summed E-state index contributed by atoms with van der Waals surface area (Å²) in [5.74, 6) is -4.10. The van der Waals surface area contributed by atoms with Crippen molar-refractivity contribution in [3.63, 3.8) is 0 Å². The third-order valence-electron chi connectivity index (χ3n) is 2.91. The van der Waals surface area contributed by atoms with Gasteiger partial charge in [-0.05, 0) is 18.4 Å². The Labute approximate surface area is 159 Å². The Morgan fingerprint density at radius 2 is 1.96 bits per heavy atom. The van der Waals surface area contributed by atoms with E-state index in [-0.39, 0.29) is 22.9 Å². The molecule has 0 saturated carbocycles. The van der Waals surface area contributed by atoms with E-state index in [0.717, 1.165) is 0 Å². The van der Waals surface area contributed by atoms with Gasteiger partial charge in [0.2, 0.25) is 10.0 Å². The van der Waals surface area contributed by atoms with Crippen LogP contribution in [0.15, 0.2) is 26.9 Å². The number of anilines is 1. The molecule has 0 fully saturated rings. The van der Waals surface area contributed by atoms with Crippen LogP contribution in [-0.4, -0.2) is 41.9 Å². The van der Waals surface area contributed by atoms with Crippen molar-refractivity contribution in [2.75, 3.05) is 5.73 Å². The van der Waals surface area contributed by atoms with Crippen molar-refractivity contribution >= 4 is 39.1 Å². The van der Waals surface area contributed by atoms with Gasteiger partial charge in [-0.3, -0.25) is 4.79 Å². The summed E-state index contributed by atoms with van der Waals surface area (Å²) >= 11 is 1.26. The van der Waals surface area contributed by atoms with Gasteiger partial charge in [-0.2, -0.15) is 13.2 Å². The SMILES string of the molecule is Cc1onc(N)c1S(=O)(=O)NC(CC(=O)O)c1cccs1.O=C(O)C(F)(F)F. The minimum atomic E-state index is -5.08. The van der Waals surface area contributed by atoms with Crippen molar-refractivity contribution in [3.05, 3.63) is 28.2 Å². The average Bonchev–Trinajstić information content (AvgIpc) is 3.15. The molecule has 28 heavy (non-hydrogen) atoms. The maximum Gasteiger partial charge on any atom is 0.490 e. The molecule has 2 rings (SSSR count). The van der Waals surface area contributed by atoms with E-state index in [1.165, 1.54) is 18.3 Å². The molecule has 2 aromatic rings. The predicted octanol–water partition coefficient (Wildman–Crippen LogP) is 1.75. The molecule has 2 aromatic heterocycles. The first-order valence-corrected chi connectivity index (χ1v) is 9.41. The van der Waals surface area contributed by atoms with Gasteiger partial charge in [0.1, 0.15) is 0 Å². The van der Waals surface area contributed by atoms with Crippen LogP contribution in [0.4, 0.5) is 19.0 Å². The largest absolute Gasteiger partial charge is 0.490 e. The summed E-state index contributed by atoms with van der Waals surface area (Å²) in [5.41, 5.74) is 5.49. The lowest BCUT2D eigenvalue weighted by molar-refractivity contribution is -0.192. The quantitative estimate of drug-likeness (QED) is 0.516. The van der Waals surface area contributed by atoms with Gasteiger partial charge in [-0.15, -0.1) is 11.3 Å². The first-order valence-electron chi connectivity index (χ1n) is 7.05. The molecule has 2 heterocycles. The highest BCUT2D eigenvalue weighted by Crippen LogP contribution is 2.27. The minimum Gasteiger partial charge on any atom is -0.481 e. The van der Waals surface area contributed by atoms with E-state index in [9.17, 15) is 26.4 Å². The number of nitrogen functional groups attached to an aromatic ring is 1. The molecule has 0 aliphatic rings. The summed E-state index contributed by atoms with van der Waals surface area (Å²) in [5, 5.41) is 21.2. The second-order valence-corrected chi connectivity index (χ2v) is 7.67. The summed E-state index contributed by atoms with van der Waals surface area (Å²) in [4.78, 5) is 20.1. The fourth-order valence-electron chi connectivity index (χ4n) is 1.82. The average molecular weight is 445 g/mol. The number of sulfonamides is 1. The molecule has 5 N–H and O–H groups in total. The topological polar surface area (TPSA) is 173 Å². The Hall–Kier alpha value is -2.65. The van der Waals surface area contributed by atoms with E-state index < -0.39 is 34.2 Å².